The van der Waals surface area contributed by atoms with Crippen molar-refractivity contribution in [1.29, 1.82) is 0 Å². The smallest absolute Gasteiger partial charge is 0.117 e. The average molecular weight is 230 g/mol. The molecular weight excluding hydrogens is 216 g/mol. The summed E-state index contributed by atoms with van der Waals surface area (Å²) in [5, 5.41) is 10.5. The quantitative estimate of drug-likeness (QED) is 0.811. The van der Waals surface area contributed by atoms with Crippen LogP contribution < -0.4 is 4.90 Å². The van der Waals surface area contributed by atoms with Gasteiger partial charge < -0.3 is 14.7 Å². The molecule has 0 amide bonds. The number of benzene rings is 1. The maximum Gasteiger partial charge on any atom is 0.117 e. The van der Waals surface area contributed by atoms with E-state index in [-0.39, 0.29) is 5.75 Å². The molecule has 0 saturated carbocycles. The van der Waals surface area contributed by atoms with Crippen molar-refractivity contribution in [2.45, 2.75) is 0 Å². The molecule has 88 valence electrons. The number of aromatic hydroxyl groups is 1. The van der Waals surface area contributed by atoms with Gasteiger partial charge in [0.15, 0.2) is 0 Å². The molecule has 1 aromatic carbocycles. The van der Waals surface area contributed by atoms with Crippen LogP contribution >= 0.6 is 0 Å². The molecule has 3 rings (SSSR count). The highest BCUT2D eigenvalue weighted by Gasteiger charge is 2.13. The van der Waals surface area contributed by atoms with E-state index in [1.54, 1.807) is 18.3 Å². The number of anilines is 1. The fraction of sp³-hybridized carbons (Fsp3) is 0.308. The number of fused-ring (bicyclic) bond motifs is 1. The van der Waals surface area contributed by atoms with E-state index in [1.807, 2.05) is 12.1 Å². The minimum absolute atomic E-state index is 0.254. The normalized spacial score (nSPS) is 16.4. The molecule has 1 N–H and O–H groups in total. The average Bonchev–Trinajstić information content (AvgIpc) is 2.39. The highest BCUT2D eigenvalue weighted by atomic mass is 16.5. The van der Waals surface area contributed by atoms with Crippen molar-refractivity contribution >= 4 is 16.6 Å². The Kier molecular flexibility index (Phi) is 2.57. The Bertz CT molecular complexity index is 536. The first-order chi connectivity index (χ1) is 8.34. The van der Waals surface area contributed by atoms with Crippen LogP contribution in [0.4, 0.5) is 5.69 Å². The Morgan fingerprint density at radius 3 is 2.82 bits per heavy atom. The van der Waals surface area contributed by atoms with Crippen molar-refractivity contribution in [2.24, 2.45) is 0 Å². The van der Waals surface area contributed by atoms with E-state index < -0.39 is 0 Å². The molecule has 4 heteroatoms. The summed E-state index contributed by atoms with van der Waals surface area (Å²) in [4.78, 5) is 6.58. The van der Waals surface area contributed by atoms with Gasteiger partial charge in [-0.3, -0.25) is 4.98 Å². The van der Waals surface area contributed by atoms with Gasteiger partial charge in [-0.15, -0.1) is 0 Å². The number of pyridine rings is 1. The van der Waals surface area contributed by atoms with Crippen LogP contribution in [0.25, 0.3) is 10.9 Å². The highest BCUT2D eigenvalue weighted by Crippen LogP contribution is 2.28. The Morgan fingerprint density at radius 2 is 2.00 bits per heavy atom. The zero-order chi connectivity index (χ0) is 11.7. The lowest BCUT2D eigenvalue weighted by Gasteiger charge is -2.29. The van der Waals surface area contributed by atoms with E-state index in [0.717, 1.165) is 37.2 Å². The molecule has 1 aliphatic rings. The first-order valence-electron chi connectivity index (χ1n) is 5.75. The molecule has 1 aromatic heterocycles. The van der Waals surface area contributed by atoms with Crippen LogP contribution in [0.3, 0.4) is 0 Å². The largest absolute Gasteiger partial charge is 0.508 e. The maximum atomic E-state index is 9.46. The minimum atomic E-state index is 0.254. The van der Waals surface area contributed by atoms with Crippen LogP contribution in [0.2, 0.25) is 0 Å². The lowest BCUT2D eigenvalue weighted by molar-refractivity contribution is 0.123. The summed E-state index contributed by atoms with van der Waals surface area (Å²) in [6.45, 7) is 3.34. The molecule has 0 bridgehead atoms. The minimum Gasteiger partial charge on any atom is -0.508 e. The van der Waals surface area contributed by atoms with Crippen molar-refractivity contribution in [3.8, 4) is 5.75 Å². The second-order valence-corrected chi connectivity index (χ2v) is 4.13. The molecule has 2 aromatic rings. The lowest BCUT2D eigenvalue weighted by Crippen LogP contribution is -2.36. The predicted octanol–water partition coefficient (Wildman–Crippen LogP) is 1.78. The predicted molar refractivity (Wildman–Crippen MR) is 66.4 cm³/mol. The summed E-state index contributed by atoms with van der Waals surface area (Å²) in [5.41, 5.74) is 1.99. The van der Waals surface area contributed by atoms with Gasteiger partial charge in [0.2, 0.25) is 0 Å². The number of aromatic nitrogens is 1. The van der Waals surface area contributed by atoms with Gasteiger partial charge in [0.25, 0.3) is 0 Å². The maximum absolute atomic E-state index is 9.46. The van der Waals surface area contributed by atoms with Crippen molar-refractivity contribution in [2.75, 3.05) is 31.2 Å². The van der Waals surface area contributed by atoms with Crippen molar-refractivity contribution in [3.05, 3.63) is 30.5 Å². The third kappa shape index (κ3) is 1.91. The summed E-state index contributed by atoms with van der Waals surface area (Å²) in [5.74, 6) is 0.254. The third-order valence-electron chi connectivity index (χ3n) is 3.06. The standard InChI is InChI=1S/C13H14N2O2/c16-10-1-2-11-12(9-10)14-4-3-13(11)15-5-7-17-8-6-15/h1-4,9,16H,5-8H2. The molecule has 1 saturated heterocycles. The molecule has 1 aliphatic heterocycles. The van der Waals surface area contributed by atoms with E-state index in [2.05, 4.69) is 9.88 Å². The van der Waals surface area contributed by atoms with E-state index in [4.69, 9.17) is 4.74 Å². The SMILES string of the molecule is Oc1ccc2c(N3CCOCC3)ccnc2c1. The molecule has 0 atom stereocenters. The Morgan fingerprint density at radius 1 is 1.18 bits per heavy atom. The van der Waals surface area contributed by atoms with Gasteiger partial charge in [0.05, 0.1) is 18.7 Å². The van der Waals surface area contributed by atoms with E-state index in [9.17, 15) is 5.11 Å². The van der Waals surface area contributed by atoms with Gasteiger partial charge in [0.1, 0.15) is 5.75 Å². The molecule has 17 heavy (non-hydrogen) atoms. The summed E-state index contributed by atoms with van der Waals surface area (Å²) in [7, 11) is 0. The molecule has 1 fully saturated rings. The monoisotopic (exact) mass is 230 g/mol. The summed E-state index contributed by atoms with van der Waals surface area (Å²) in [6.07, 6.45) is 1.78. The Labute approximate surface area is 99.5 Å². The van der Waals surface area contributed by atoms with Crippen LogP contribution in [-0.2, 0) is 4.74 Å². The molecular formula is C13H14N2O2. The number of phenols is 1. The molecule has 0 unspecified atom stereocenters. The number of nitrogens with zero attached hydrogens (tertiary/aromatic N) is 2. The number of phenolic OH excluding ortho intramolecular Hbond substituents is 1. The van der Waals surface area contributed by atoms with Crippen LogP contribution in [-0.4, -0.2) is 36.4 Å². The van der Waals surface area contributed by atoms with Crippen molar-refractivity contribution in [3.63, 3.8) is 0 Å². The first-order valence-corrected chi connectivity index (χ1v) is 5.75. The van der Waals surface area contributed by atoms with E-state index in [1.165, 1.54) is 5.69 Å². The Hall–Kier alpha value is -1.81. The first kappa shape index (κ1) is 10.4. The van der Waals surface area contributed by atoms with Crippen LogP contribution in [0.1, 0.15) is 0 Å². The van der Waals surface area contributed by atoms with Crippen LogP contribution in [0.5, 0.6) is 5.75 Å². The van der Waals surface area contributed by atoms with Crippen LogP contribution in [0, 0.1) is 0 Å². The zero-order valence-corrected chi connectivity index (χ0v) is 9.47. The number of ether oxygens (including phenoxy) is 1. The van der Waals surface area contributed by atoms with Gasteiger partial charge in [0, 0.05) is 36.4 Å². The van der Waals surface area contributed by atoms with Crippen molar-refractivity contribution < 1.29 is 9.84 Å². The number of hydrogen-bond acceptors (Lipinski definition) is 4. The van der Waals surface area contributed by atoms with E-state index in [0.29, 0.717) is 0 Å². The molecule has 0 spiro atoms. The Balaban J connectivity index is 2.09. The summed E-state index contributed by atoms with van der Waals surface area (Å²) >= 11 is 0. The van der Waals surface area contributed by atoms with Crippen LogP contribution in [0.15, 0.2) is 30.5 Å². The second kappa shape index (κ2) is 4.22. The van der Waals surface area contributed by atoms with Gasteiger partial charge >= 0.3 is 0 Å². The van der Waals surface area contributed by atoms with Crippen molar-refractivity contribution in [1.82, 2.24) is 4.98 Å². The number of morpholine rings is 1. The fourth-order valence-electron chi connectivity index (χ4n) is 2.20. The topological polar surface area (TPSA) is 45.6 Å². The summed E-state index contributed by atoms with van der Waals surface area (Å²) < 4.78 is 5.36. The summed E-state index contributed by atoms with van der Waals surface area (Å²) in [6, 6.07) is 7.33. The number of hydrogen-bond donors (Lipinski definition) is 1. The van der Waals surface area contributed by atoms with E-state index >= 15 is 0 Å². The fourth-order valence-corrected chi connectivity index (χ4v) is 2.20. The van der Waals surface area contributed by atoms with Gasteiger partial charge in [-0.05, 0) is 18.2 Å². The molecule has 0 aliphatic carbocycles. The zero-order valence-electron chi connectivity index (χ0n) is 9.47. The second-order valence-electron chi connectivity index (χ2n) is 4.13. The highest BCUT2D eigenvalue weighted by molar-refractivity contribution is 5.92. The van der Waals surface area contributed by atoms with Gasteiger partial charge in [-0.25, -0.2) is 0 Å². The van der Waals surface area contributed by atoms with Gasteiger partial charge in [-0.1, -0.05) is 0 Å². The third-order valence-corrected chi connectivity index (χ3v) is 3.06. The molecule has 0 radical (unpaired) electrons. The molecule has 4 nitrogen and oxygen atoms in total. The number of rotatable bonds is 1. The molecule has 2 heterocycles. The lowest BCUT2D eigenvalue weighted by atomic mass is 10.1. The van der Waals surface area contributed by atoms with Gasteiger partial charge in [-0.2, -0.15) is 0 Å².